The minimum absolute atomic E-state index is 0.0254. The number of nitrogens with one attached hydrogen (secondary N) is 1. The van der Waals surface area contributed by atoms with Gasteiger partial charge in [-0.05, 0) is 57.0 Å². The first-order chi connectivity index (χ1) is 22.5. The molecule has 5 N–H and O–H groups in total. The lowest BCUT2D eigenvalue weighted by atomic mass is 10.0. The fourth-order valence-corrected chi connectivity index (χ4v) is 10.1. The highest BCUT2D eigenvalue weighted by Crippen LogP contribution is 2.45. The highest BCUT2D eigenvalue weighted by Gasteiger charge is 2.43. The molecule has 3 aromatic rings. The van der Waals surface area contributed by atoms with E-state index in [0.29, 0.717) is 23.6 Å². The molecular formula is C29H36N4O11S4. The van der Waals surface area contributed by atoms with E-state index in [0.717, 1.165) is 25.0 Å². The van der Waals surface area contributed by atoms with Crippen molar-refractivity contribution < 1.29 is 49.1 Å². The maximum absolute atomic E-state index is 13.2. The number of carbonyl (C=O) groups is 2. The number of amides is 1. The summed E-state index contributed by atoms with van der Waals surface area (Å²) >= 11 is 0.512. The number of rotatable bonds is 13. The maximum Gasteiger partial charge on any atom is 0.413 e. The summed E-state index contributed by atoms with van der Waals surface area (Å²) in [5, 5.41) is 12.9. The van der Waals surface area contributed by atoms with Gasteiger partial charge in [0.05, 0.1) is 22.5 Å². The van der Waals surface area contributed by atoms with Crippen LogP contribution in [0.5, 0.6) is 11.5 Å². The summed E-state index contributed by atoms with van der Waals surface area (Å²) in [5.41, 5.74) is 0.0210. The number of benzene rings is 2. The lowest BCUT2D eigenvalue weighted by Gasteiger charge is -2.35. The van der Waals surface area contributed by atoms with Gasteiger partial charge in [0.2, 0.25) is 26.8 Å². The Bertz CT molecular complexity index is 2000. The number of nitrogens with zero attached hydrogens (tertiary/aromatic N) is 1. The number of para-hydroxylation sites is 1. The fourth-order valence-electron chi connectivity index (χ4n) is 4.96. The standard InChI is InChI=1S/C29H36N4O11S4/c1-4-6-12-32-22-14-19(15-24(47(30,38)39)26(22)44-20-10-8-7-9-11-20)27(34)42-17-43-29(35)33(5-2)23-13-18(3)46(36,37)28-21(23)16-25(45-28)48(31,40)41/h7-11,14-16,18,23,32H,4-6,12-13,17H2,1-3H3,(H2,30,38,39)(H2,31,40,41)/t18-,23-/m0/s1. The van der Waals surface area contributed by atoms with Gasteiger partial charge in [-0.2, -0.15) is 0 Å². The molecule has 0 aliphatic carbocycles. The van der Waals surface area contributed by atoms with Crippen LogP contribution in [-0.2, 0) is 39.4 Å². The third-order valence-corrected chi connectivity index (χ3v) is 13.6. The van der Waals surface area contributed by atoms with Crippen molar-refractivity contribution in [2.45, 2.75) is 64.6 Å². The topological polar surface area (TPSA) is 232 Å². The number of thiophene rings is 1. The van der Waals surface area contributed by atoms with Gasteiger partial charge in [-0.15, -0.1) is 11.3 Å². The van der Waals surface area contributed by atoms with Crippen LogP contribution in [-0.4, -0.2) is 67.3 Å². The summed E-state index contributed by atoms with van der Waals surface area (Å²) in [6, 6.07) is 10.9. The molecule has 2 atom stereocenters. The van der Waals surface area contributed by atoms with Crippen LogP contribution in [0.15, 0.2) is 61.8 Å². The molecule has 0 bridgehead atoms. The second-order valence-electron chi connectivity index (χ2n) is 10.8. The molecule has 19 heteroatoms. The summed E-state index contributed by atoms with van der Waals surface area (Å²) < 4.78 is 90.9. The minimum atomic E-state index is -4.42. The quantitative estimate of drug-likeness (QED) is 0.128. The summed E-state index contributed by atoms with van der Waals surface area (Å²) in [6.07, 6.45) is 0.508. The van der Waals surface area contributed by atoms with E-state index in [1.54, 1.807) is 37.3 Å². The van der Waals surface area contributed by atoms with E-state index >= 15 is 0 Å². The zero-order valence-electron chi connectivity index (χ0n) is 26.2. The fraction of sp³-hybridized carbons (Fsp3) is 0.379. The van der Waals surface area contributed by atoms with Crippen molar-refractivity contribution in [2.75, 3.05) is 25.2 Å². The molecule has 1 aliphatic rings. The smallest absolute Gasteiger partial charge is 0.413 e. The third-order valence-electron chi connectivity index (χ3n) is 7.41. The Morgan fingerprint density at radius 3 is 2.31 bits per heavy atom. The number of unbranched alkanes of at least 4 members (excludes halogenated alkanes) is 1. The van der Waals surface area contributed by atoms with E-state index in [1.165, 1.54) is 17.9 Å². The summed E-state index contributed by atoms with van der Waals surface area (Å²) in [4.78, 5) is 27.0. The molecule has 0 spiro atoms. The molecule has 2 aromatic carbocycles. The van der Waals surface area contributed by atoms with Gasteiger partial charge in [0, 0.05) is 18.7 Å². The number of hydrogen-bond donors (Lipinski definition) is 3. The van der Waals surface area contributed by atoms with E-state index in [1.807, 2.05) is 6.92 Å². The number of carbonyl (C=O) groups excluding carboxylic acids is 2. The molecule has 15 nitrogen and oxygen atoms in total. The normalized spacial score (nSPS) is 17.2. The summed E-state index contributed by atoms with van der Waals surface area (Å²) in [7, 11) is -12.5. The molecule has 1 amide bonds. The predicted octanol–water partition coefficient (Wildman–Crippen LogP) is 3.93. The van der Waals surface area contributed by atoms with Crippen molar-refractivity contribution in [3.63, 3.8) is 0 Å². The maximum atomic E-state index is 13.2. The van der Waals surface area contributed by atoms with Crippen molar-refractivity contribution >= 4 is 59.0 Å². The molecular weight excluding hydrogens is 709 g/mol. The van der Waals surface area contributed by atoms with Crippen LogP contribution in [0.2, 0.25) is 0 Å². The van der Waals surface area contributed by atoms with E-state index in [4.69, 9.17) is 24.5 Å². The Kier molecular flexibility index (Phi) is 11.4. The second kappa shape index (κ2) is 14.8. The first kappa shape index (κ1) is 37.1. The SMILES string of the molecule is CCCCNc1cc(C(=O)OCOC(=O)N(CC)[C@H]2C[C@H](C)S(=O)(=O)c3sc(S(N)(=O)=O)cc32)cc(S(N)(=O)=O)c1Oc1ccccc1. The molecule has 262 valence electrons. The number of sulfone groups is 1. The molecule has 0 saturated heterocycles. The van der Waals surface area contributed by atoms with Gasteiger partial charge in [0.15, 0.2) is 15.6 Å². The molecule has 0 fully saturated rings. The lowest BCUT2D eigenvalue weighted by Crippen LogP contribution is -2.40. The molecule has 0 saturated carbocycles. The summed E-state index contributed by atoms with van der Waals surface area (Å²) in [5.74, 6) is -0.844. The van der Waals surface area contributed by atoms with E-state index in [-0.39, 0.29) is 43.9 Å². The predicted molar refractivity (Wildman–Crippen MR) is 177 cm³/mol. The van der Waals surface area contributed by atoms with E-state index < -0.39 is 64.9 Å². The van der Waals surface area contributed by atoms with Crippen molar-refractivity contribution in [3.8, 4) is 11.5 Å². The minimum Gasteiger partial charge on any atom is -0.454 e. The zero-order valence-corrected chi connectivity index (χ0v) is 29.5. The van der Waals surface area contributed by atoms with Crippen molar-refractivity contribution in [1.82, 2.24) is 4.90 Å². The molecule has 1 aromatic heterocycles. The molecule has 4 rings (SSSR count). The van der Waals surface area contributed by atoms with Gasteiger partial charge < -0.3 is 24.4 Å². The van der Waals surface area contributed by atoms with Crippen LogP contribution in [0.3, 0.4) is 0 Å². The van der Waals surface area contributed by atoms with Gasteiger partial charge in [-0.3, -0.25) is 0 Å². The number of fused-ring (bicyclic) bond motifs is 1. The molecule has 1 aliphatic heterocycles. The van der Waals surface area contributed by atoms with Gasteiger partial charge in [0.25, 0.3) is 0 Å². The van der Waals surface area contributed by atoms with Crippen LogP contribution < -0.4 is 20.3 Å². The van der Waals surface area contributed by atoms with E-state index in [9.17, 15) is 34.8 Å². The highest BCUT2D eigenvalue weighted by atomic mass is 32.3. The van der Waals surface area contributed by atoms with E-state index in [2.05, 4.69) is 5.32 Å². The van der Waals surface area contributed by atoms with Gasteiger partial charge in [-0.25, -0.2) is 45.1 Å². The van der Waals surface area contributed by atoms with Crippen molar-refractivity contribution in [3.05, 3.63) is 59.7 Å². The lowest BCUT2D eigenvalue weighted by molar-refractivity contribution is -0.0157. The number of ether oxygens (including phenoxy) is 3. The molecule has 2 heterocycles. The number of anilines is 1. The molecule has 0 unspecified atom stereocenters. The van der Waals surface area contributed by atoms with Crippen LogP contribution >= 0.6 is 11.3 Å². The highest BCUT2D eigenvalue weighted by molar-refractivity contribution is 7.95. The first-order valence-corrected chi connectivity index (χ1v) is 20.1. The zero-order chi connectivity index (χ0) is 35.4. The van der Waals surface area contributed by atoms with Gasteiger partial charge >= 0.3 is 12.1 Å². The average molecular weight is 745 g/mol. The second-order valence-corrected chi connectivity index (χ2v) is 17.7. The Labute approximate surface area is 283 Å². The molecule has 0 radical (unpaired) electrons. The number of hydrogen-bond acceptors (Lipinski definition) is 13. The molecule has 48 heavy (non-hydrogen) atoms. The third kappa shape index (κ3) is 8.27. The van der Waals surface area contributed by atoms with Gasteiger partial charge in [-0.1, -0.05) is 31.5 Å². The number of nitrogens with two attached hydrogens (primary N) is 2. The van der Waals surface area contributed by atoms with Gasteiger partial charge in [0.1, 0.15) is 19.1 Å². The van der Waals surface area contributed by atoms with Crippen molar-refractivity contribution in [2.24, 2.45) is 10.3 Å². The van der Waals surface area contributed by atoms with Crippen molar-refractivity contribution in [1.29, 1.82) is 0 Å². The van der Waals surface area contributed by atoms with Crippen LogP contribution in [0.4, 0.5) is 10.5 Å². The summed E-state index contributed by atoms with van der Waals surface area (Å²) in [6.45, 7) is 4.57. The first-order valence-electron chi connectivity index (χ1n) is 14.7. The monoisotopic (exact) mass is 744 g/mol. The average Bonchev–Trinajstić information content (AvgIpc) is 3.49. The Morgan fingerprint density at radius 2 is 1.71 bits per heavy atom. The largest absolute Gasteiger partial charge is 0.454 e. The number of esters is 1. The van der Waals surface area contributed by atoms with Crippen LogP contribution in [0.1, 0.15) is 62.0 Å². The number of primary sulfonamides is 2. The Hall–Kier alpha value is -3.75. The number of sulfonamides is 2. The van der Waals surface area contributed by atoms with Crippen LogP contribution in [0.25, 0.3) is 0 Å². The Balaban J connectivity index is 1.56. The van der Waals surface area contributed by atoms with Crippen LogP contribution in [0, 0.1) is 0 Å². The Morgan fingerprint density at radius 1 is 1.02 bits per heavy atom.